The molecule has 162 valence electrons. The molecule has 2 aromatic rings. The zero-order valence-corrected chi connectivity index (χ0v) is 19.1. The van der Waals surface area contributed by atoms with Crippen LogP contribution < -0.4 is 5.32 Å². The van der Waals surface area contributed by atoms with Gasteiger partial charge in [-0.25, -0.2) is 0 Å². The van der Waals surface area contributed by atoms with Crippen molar-refractivity contribution < 1.29 is 9.90 Å². The van der Waals surface area contributed by atoms with Gasteiger partial charge in [0.2, 0.25) is 5.91 Å². The first-order valence-electron chi connectivity index (χ1n) is 10.8. The van der Waals surface area contributed by atoms with E-state index in [4.69, 9.17) is 11.6 Å². The Morgan fingerprint density at radius 2 is 1.70 bits per heavy atom. The van der Waals surface area contributed by atoms with Crippen LogP contribution in [0, 0.1) is 19.8 Å². The van der Waals surface area contributed by atoms with Crippen molar-refractivity contribution >= 4 is 17.5 Å². The maximum absolute atomic E-state index is 13.3. The van der Waals surface area contributed by atoms with E-state index in [-0.39, 0.29) is 11.8 Å². The Labute approximate surface area is 185 Å². The first-order valence-corrected chi connectivity index (χ1v) is 11.2. The fraction of sp³-hybridized carbons (Fsp3) is 0.480. The molecule has 1 aliphatic heterocycles. The average molecular weight is 429 g/mol. The molecule has 0 aliphatic carbocycles. The average Bonchev–Trinajstić information content (AvgIpc) is 2.74. The zero-order chi connectivity index (χ0) is 21.8. The molecule has 0 spiro atoms. The predicted molar refractivity (Wildman–Crippen MR) is 123 cm³/mol. The first kappa shape index (κ1) is 22.8. The highest BCUT2D eigenvalue weighted by Crippen LogP contribution is 2.29. The maximum Gasteiger partial charge on any atom is 0.240 e. The van der Waals surface area contributed by atoms with E-state index >= 15 is 0 Å². The Bertz CT molecular complexity index is 858. The number of piperidine rings is 1. The van der Waals surface area contributed by atoms with Gasteiger partial charge in [0.05, 0.1) is 6.04 Å². The number of nitrogens with one attached hydrogen (secondary N) is 1. The van der Waals surface area contributed by atoms with Crippen LogP contribution in [0.1, 0.15) is 61.1 Å². The largest absolute Gasteiger partial charge is 0.374 e. The molecule has 5 heteroatoms. The molecule has 1 saturated heterocycles. The third kappa shape index (κ3) is 5.42. The van der Waals surface area contributed by atoms with Crippen LogP contribution in [0.15, 0.2) is 42.5 Å². The molecule has 0 radical (unpaired) electrons. The summed E-state index contributed by atoms with van der Waals surface area (Å²) in [5.74, 6) is 0.605. The van der Waals surface area contributed by atoms with Gasteiger partial charge in [-0.3, -0.25) is 10.1 Å². The third-order valence-corrected chi connectivity index (χ3v) is 6.52. The standard InChI is InChI=1S/C25H33ClN2O2/c1-16(2)23(27-24(29)21-6-5-17(3)18(4)15-21)25(30)28-13-11-20(12-14-28)19-7-9-22(26)10-8-19/h5-10,15-16,20,23-24,27,29H,11-14H2,1-4H3. The van der Waals surface area contributed by atoms with Crippen LogP contribution >= 0.6 is 11.6 Å². The van der Waals surface area contributed by atoms with Crippen molar-refractivity contribution in [1.82, 2.24) is 10.2 Å². The lowest BCUT2D eigenvalue weighted by Crippen LogP contribution is -2.52. The summed E-state index contributed by atoms with van der Waals surface area (Å²) in [6.45, 7) is 9.58. The molecule has 30 heavy (non-hydrogen) atoms. The van der Waals surface area contributed by atoms with Gasteiger partial charge in [-0.15, -0.1) is 0 Å². The van der Waals surface area contributed by atoms with Crippen molar-refractivity contribution in [3.8, 4) is 0 Å². The summed E-state index contributed by atoms with van der Waals surface area (Å²) in [4.78, 5) is 15.2. The molecule has 4 nitrogen and oxygen atoms in total. The summed E-state index contributed by atoms with van der Waals surface area (Å²) < 4.78 is 0. The SMILES string of the molecule is Cc1ccc(C(O)NC(C(=O)N2CCC(c3ccc(Cl)cc3)CC2)C(C)C)cc1C. The molecule has 1 aliphatic rings. The molecule has 2 atom stereocenters. The van der Waals surface area contributed by atoms with Crippen LogP contribution in [0.2, 0.25) is 5.02 Å². The van der Waals surface area contributed by atoms with Crippen LogP contribution in [0.5, 0.6) is 0 Å². The highest BCUT2D eigenvalue weighted by atomic mass is 35.5. The van der Waals surface area contributed by atoms with Crippen molar-refractivity contribution in [2.45, 2.75) is 58.7 Å². The minimum atomic E-state index is -0.868. The molecule has 2 N–H and O–H groups in total. The fourth-order valence-electron chi connectivity index (χ4n) is 4.11. The lowest BCUT2D eigenvalue weighted by atomic mass is 9.89. The molecular formula is C25H33ClN2O2. The van der Waals surface area contributed by atoms with E-state index in [1.165, 1.54) is 11.1 Å². The fourth-order valence-corrected chi connectivity index (χ4v) is 4.24. The summed E-state index contributed by atoms with van der Waals surface area (Å²) in [6, 6.07) is 13.5. The first-order chi connectivity index (χ1) is 14.3. The van der Waals surface area contributed by atoms with Crippen LogP contribution in [0.25, 0.3) is 0 Å². The number of aryl methyl sites for hydroxylation is 2. The summed E-state index contributed by atoms with van der Waals surface area (Å²) in [7, 11) is 0. The number of hydrogen-bond donors (Lipinski definition) is 2. The molecule has 3 rings (SSSR count). The predicted octanol–water partition coefficient (Wildman–Crippen LogP) is 4.97. The lowest BCUT2D eigenvalue weighted by molar-refractivity contribution is -0.136. The summed E-state index contributed by atoms with van der Waals surface area (Å²) >= 11 is 6.00. The number of nitrogens with zero attached hydrogens (tertiary/aromatic N) is 1. The van der Waals surface area contributed by atoms with Gasteiger partial charge < -0.3 is 10.0 Å². The van der Waals surface area contributed by atoms with Gasteiger partial charge >= 0.3 is 0 Å². The van der Waals surface area contributed by atoms with Gasteiger partial charge in [0.25, 0.3) is 0 Å². The molecular weight excluding hydrogens is 396 g/mol. The smallest absolute Gasteiger partial charge is 0.240 e. The van der Waals surface area contributed by atoms with E-state index in [2.05, 4.69) is 17.4 Å². The number of carbonyl (C=O) groups excluding carboxylic acids is 1. The van der Waals surface area contributed by atoms with E-state index in [1.807, 2.05) is 62.9 Å². The summed E-state index contributed by atoms with van der Waals surface area (Å²) in [5, 5.41) is 14.6. The van der Waals surface area contributed by atoms with E-state index < -0.39 is 12.3 Å². The van der Waals surface area contributed by atoms with E-state index in [0.29, 0.717) is 5.92 Å². The number of halogens is 1. The Hall–Kier alpha value is -1.88. The van der Waals surface area contributed by atoms with Crippen molar-refractivity contribution in [1.29, 1.82) is 0 Å². The van der Waals surface area contributed by atoms with Gasteiger partial charge in [-0.1, -0.05) is 55.8 Å². The number of likely N-dealkylation sites (tertiary alicyclic amines) is 1. The Morgan fingerprint density at radius 3 is 2.27 bits per heavy atom. The number of amides is 1. The number of benzene rings is 2. The molecule has 0 bridgehead atoms. The van der Waals surface area contributed by atoms with Crippen molar-refractivity contribution in [3.05, 3.63) is 69.7 Å². The molecule has 1 amide bonds. The lowest BCUT2D eigenvalue weighted by Gasteiger charge is -2.36. The molecule has 0 aromatic heterocycles. The third-order valence-electron chi connectivity index (χ3n) is 6.26. The number of carbonyl (C=O) groups is 1. The quantitative estimate of drug-likeness (QED) is 0.639. The second kappa shape index (κ2) is 9.95. The highest BCUT2D eigenvalue weighted by Gasteiger charge is 2.31. The topological polar surface area (TPSA) is 52.6 Å². The molecule has 1 fully saturated rings. The summed E-state index contributed by atoms with van der Waals surface area (Å²) in [6.07, 6.45) is 1.02. The molecule has 0 saturated carbocycles. The minimum Gasteiger partial charge on any atom is -0.374 e. The summed E-state index contributed by atoms with van der Waals surface area (Å²) in [5.41, 5.74) is 4.39. The van der Waals surface area contributed by atoms with Crippen LogP contribution in [-0.2, 0) is 4.79 Å². The molecule has 2 aromatic carbocycles. The van der Waals surface area contributed by atoms with Crippen LogP contribution in [0.3, 0.4) is 0 Å². The normalized spacial score (nSPS) is 17.2. The van der Waals surface area contributed by atoms with Crippen LogP contribution in [0.4, 0.5) is 0 Å². The highest BCUT2D eigenvalue weighted by molar-refractivity contribution is 6.30. The van der Waals surface area contributed by atoms with Crippen molar-refractivity contribution in [2.75, 3.05) is 13.1 Å². The number of aliphatic hydroxyl groups is 1. The molecule has 1 heterocycles. The molecule has 2 unspecified atom stereocenters. The van der Waals surface area contributed by atoms with E-state index in [1.54, 1.807) is 0 Å². The van der Waals surface area contributed by atoms with Gasteiger partial charge in [0.15, 0.2) is 0 Å². The Balaban J connectivity index is 1.62. The monoisotopic (exact) mass is 428 g/mol. The zero-order valence-electron chi connectivity index (χ0n) is 18.4. The number of rotatable bonds is 6. The Kier molecular flexibility index (Phi) is 7.56. The number of hydrogen-bond acceptors (Lipinski definition) is 3. The minimum absolute atomic E-state index is 0.0717. The van der Waals surface area contributed by atoms with Crippen molar-refractivity contribution in [2.24, 2.45) is 5.92 Å². The van der Waals surface area contributed by atoms with Crippen molar-refractivity contribution in [3.63, 3.8) is 0 Å². The Morgan fingerprint density at radius 1 is 1.07 bits per heavy atom. The van der Waals surface area contributed by atoms with E-state index in [9.17, 15) is 9.90 Å². The second-order valence-corrected chi connectivity index (χ2v) is 9.22. The van der Waals surface area contributed by atoms with E-state index in [0.717, 1.165) is 42.1 Å². The van der Waals surface area contributed by atoms with Gasteiger partial charge in [-0.05, 0) is 72.9 Å². The van der Waals surface area contributed by atoms with Crippen LogP contribution in [-0.4, -0.2) is 35.0 Å². The second-order valence-electron chi connectivity index (χ2n) is 8.79. The van der Waals surface area contributed by atoms with Gasteiger partial charge in [-0.2, -0.15) is 0 Å². The number of aliphatic hydroxyl groups excluding tert-OH is 1. The van der Waals surface area contributed by atoms with Gasteiger partial charge in [0, 0.05) is 18.1 Å². The maximum atomic E-state index is 13.3. The van der Waals surface area contributed by atoms with Gasteiger partial charge in [0.1, 0.15) is 6.23 Å².